The van der Waals surface area contributed by atoms with Crippen LogP contribution < -0.4 is 0 Å². The molecular formula is C24H27ClN4O. The number of nitrogens with zero attached hydrogens (tertiary/aromatic N) is 4. The van der Waals surface area contributed by atoms with Crippen molar-refractivity contribution in [3.05, 3.63) is 87.7 Å². The third-order valence-electron chi connectivity index (χ3n) is 5.64. The summed E-state index contributed by atoms with van der Waals surface area (Å²) in [7, 11) is 0. The van der Waals surface area contributed by atoms with Crippen LogP contribution in [0.5, 0.6) is 0 Å². The molecule has 0 unspecified atom stereocenters. The summed E-state index contributed by atoms with van der Waals surface area (Å²) < 4.78 is 1.72. The number of amides is 1. The minimum Gasteiger partial charge on any atom is -0.336 e. The molecule has 0 aliphatic carbocycles. The topological polar surface area (TPSA) is 41.4 Å². The van der Waals surface area contributed by atoms with Gasteiger partial charge in [0.15, 0.2) is 0 Å². The van der Waals surface area contributed by atoms with Crippen molar-refractivity contribution in [2.24, 2.45) is 0 Å². The lowest BCUT2D eigenvalue weighted by molar-refractivity contribution is 0.0628. The van der Waals surface area contributed by atoms with E-state index in [0.717, 1.165) is 25.2 Å². The first-order valence-corrected chi connectivity index (χ1v) is 10.7. The minimum atomic E-state index is -0.0213. The Morgan fingerprint density at radius 2 is 1.53 bits per heavy atom. The summed E-state index contributed by atoms with van der Waals surface area (Å²) in [6, 6.07) is 18.7. The van der Waals surface area contributed by atoms with Gasteiger partial charge in [0.05, 0.1) is 17.8 Å². The van der Waals surface area contributed by atoms with Crippen molar-refractivity contribution in [3.8, 4) is 0 Å². The second-order valence-electron chi connectivity index (χ2n) is 7.95. The first-order valence-electron chi connectivity index (χ1n) is 10.4. The van der Waals surface area contributed by atoms with Crippen LogP contribution in [0.15, 0.2) is 54.6 Å². The summed E-state index contributed by atoms with van der Waals surface area (Å²) in [5.41, 5.74) is 4.83. The van der Waals surface area contributed by atoms with E-state index in [1.54, 1.807) is 4.68 Å². The van der Waals surface area contributed by atoms with Crippen molar-refractivity contribution < 1.29 is 4.79 Å². The number of aryl methyl sites for hydroxylation is 2. The summed E-state index contributed by atoms with van der Waals surface area (Å²) in [6.45, 7) is 8.50. The van der Waals surface area contributed by atoms with Gasteiger partial charge in [-0.1, -0.05) is 71.8 Å². The average Bonchev–Trinajstić information content (AvgIpc) is 3.03. The van der Waals surface area contributed by atoms with E-state index in [4.69, 9.17) is 11.6 Å². The van der Waals surface area contributed by atoms with Gasteiger partial charge in [0.2, 0.25) is 0 Å². The number of carbonyl (C=O) groups is 1. The molecule has 1 fully saturated rings. The largest absolute Gasteiger partial charge is 0.336 e. The molecule has 1 saturated heterocycles. The quantitative estimate of drug-likeness (QED) is 0.620. The van der Waals surface area contributed by atoms with Crippen molar-refractivity contribution in [2.75, 3.05) is 26.2 Å². The lowest BCUT2D eigenvalue weighted by atomic mass is 10.1. The second-order valence-corrected chi connectivity index (χ2v) is 8.31. The maximum Gasteiger partial charge on any atom is 0.258 e. The van der Waals surface area contributed by atoms with Gasteiger partial charge < -0.3 is 4.90 Å². The highest BCUT2D eigenvalue weighted by molar-refractivity contribution is 6.33. The molecule has 0 atom stereocenters. The second kappa shape index (κ2) is 9.02. The Hall–Kier alpha value is -2.63. The first kappa shape index (κ1) is 20.6. The van der Waals surface area contributed by atoms with E-state index in [1.165, 1.54) is 11.1 Å². The lowest BCUT2D eigenvalue weighted by Crippen LogP contribution is -2.48. The average molecular weight is 423 g/mol. The number of carbonyl (C=O) groups excluding carboxylic acids is 1. The molecule has 1 aliphatic rings. The minimum absolute atomic E-state index is 0.0213. The van der Waals surface area contributed by atoms with E-state index in [9.17, 15) is 4.79 Å². The molecule has 1 aliphatic heterocycles. The summed E-state index contributed by atoms with van der Waals surface area (Å²) in [5, 5.41) is 4.96. The van der Waals surface area contributed by atoms with E-state index >= 15 is 0 Å². The Morgan fingerprint density at radius 3 is 2.20 bits per heavy atom. The Balaban J connectivity index is 1.41. The molecule has 6 heteroatoms. The zero-order valence-corrected chi connectivity index (χ0v) is 18.3. The number of benzene rings is 2. The van der Waals surface area contributed by atoms with Crippen LogP contribution in [0.25, 0.3) is 0 Å². The van der Waals surface area contributed by atoms with Gasteiger partial charge in [-0.15, -0.1) is 0 Å². The van der Waals surface area contributed by atoms with Crippen molar-refractivity contribution in [1.29, 1.82) is 0 Å². The van der Waals surface area contributed by atoms with Gasteiger partial charge >= 0.3 is 0 Å². The molecule has 0 bridgehead atoms. The normalized spacial score (nSPS) is 14.8. The van der Waals surface area contributed by atoms with E-state index in [0.29, 0.717) is 36.0 Å². The highest BCUT2D eigenvalue weighted by Crippen LogP contribution is 2.23. The zero-order valence-electron chi connectivity index (χ0n) is 17.5. The fourth-order valence-electron chi connectivity index (χ4n) is 3.88. The van der Waals surface area contributed by atoms with Crippen molar-refractivity contribution in [3.63, 3.8) is 0 Å². The number of hydrogen-bond acceptors (Lipinski definition) is 3. The van der Waals surface area contributed by atoms with Gasteiger partial charge in [-0.05, 0) is 25.0 Å². The Bertz CT molecular complexity index is 1010. The smallest absolute Gasteiger partial charge is 0.258 e. The number of hydrogen-bond donors (Lipinski definition) is 0. The van der Waals surface area contributed by atoms with Gasteiger partial charge in [0.1, 0.15) is 5.15 Å². The first-order chi connectivity index (χ1) is 14.5. The SMILES string of the molecule is Cc1ccc(Cn2nc(C)c(C(=O)N3CCN(Cc4ccccc4)CC3)c2Cl)cc1. The molecule has 2 heterocycles. The van der Waals surface area contributed by atoms with Crippen molar-refractivity contribution in [2.45, 2.75) is 26.9 Å². The standard InChI is InChI=1S/C24H27ClN4O/c1-18-8-10-21(11-9-18)17-29-23(25)22(19(2)26-29)24(30)28-14-12-27(13-15-28)16-20-6-4-3-5-7-20/h3-11H,12-17H2,1-2H3. The van der Waals surface area contributed by atoms with E-state index in [2.05, 4.69) is 65.5 Å². The summed E-state index contributed by atoms with van der Waals surface area (Å²) in [5.74, 6) is -0.0213. The molecule has 1 amide bonds. The predicted molar refractivity (Wildman–Crippen MR) is 120 cm³/mol. The van der Waals surface area contributed by atoms with Gasteiger partial charge in [-0.3, -0.25) is 9.69 Å². The Labute approximate surface area is 182 Å². The van der Waals surface area contributed by atoms with E-state index < -0.39 is 0 Å². The summed E-state index contributed by atoms with van der Waals surface area (Å²) >= 11 is 6.60. The molecule has 4 rings (SSSR count). The molecule has 30 heavy (non-hydrogen) atoms. The van der Waals surface area contributed by atoms with Crippen LogP contribution in [0, 0.1) is 13.8 Å². The van der Waals surface area contributed by atoms with Crippen LogP contribution in [0.4, 0.5) is 0 Å². The molecule has 5 nitrogen and oxygen atoms in total. The Kier molecular flexibility index (Phi) is 6.21. The van der Waals surface area contributed by atoms with Crippen molar-refractivity contribution >= 4 is 17.5 Å². The molecule has 0 saturated carbocycles. The molecular weight excluding hydrogens is 396 g/mol. The molecule has 0 radical (unpaired) electrons. The molecule has 0 N–H and O–H groups in total. The third kappa shape index (κ3) is 4.58. The lowest BCUT2D eigenvalue weighted by Gasteiger charge is -2.34. The maximum absolute atomic E-state index is 13.2. The fourth-order valence-corrected chi connectivity index (χ4v) is 4.19. The van der Waals surface area contributed by atoms with Crippen LogP contribution >= 0.6 is 11.6 Å². The number of halogens is 1. The van der Waals surface area contributed by atoms with Gasteiger partial charge in [-0.25, -0.2) is 4.68 Å². The van der Waals surface area contributed by atoms with Crippen molar-refractivity contribution in [1.82, 2.24) is 19.6 Å². The summed E-state index contributed by atoms with van der Waals surface area (Å²) in [6.07, 6.45) is 0. The third-order valence-corrected chi connectivity index (χ3v) is 6.02. The number of piperazine rings is 1. The predicted octanol–water partition coefficient (Wildman–Crippen LogP) is 4.16. The molecule has 3 aromatic rings. The number of rotatable bonds is 5. The number of aromatic nitrogens is 2. The monoisotopic (exact) mass is 422 g/mol. The van der Waals surface area contributed by atoms with Crippen LogP contribution in [0.2, 0.25) is 5.15 Å². The van der Waals surface area contributed by atoms with E-state index in [1.807, 2.05) is 17.9 Å². The molecule has 156 valence electrons. The van der Waals surface area contributed by atoms with Gasteiger partial charge in [-0.2, -0.15) is 5.10 Å². The van der Waals surface area contributed by atoms with Crippen LogP contribution in [0.3, 0.4) is 0 Å². The molecule has 0 spiro atoms. The van der Waals surface area contributed by atoms with Crippen LogP contribution in [0.1, 0.15) is 32.7 Å². The highest BCUT2D eigenvalue weighted by atomic mass is 35.5. The highest BCUT2D eigenvalue weighted by Gasteiger charge is 2.27. The van der Waals surface area contributed by atoms with Crippen LogP contribution in [-0.4, -0.2) is 51.7 Å². The molecule has 1 aromatic heterocycles. The maximum atomic E-state index is 13.2. The molecule has 2 aromatic carbocycles. The van der Waals surface area contributed by atoms with Crippen LogP contribution in [-0.2, 0) is 13.1 Å². The Morgan fingerprint density at radius 1 is 0.900 bits per heavy atom. The summed E-state index contributed by atoms with van der Waals surface area (Å²) in [4.78, 5) is 17.5. The van der Waals surface area contributed by atoms with Gasteiger partial charge in [0.25, 0.3) is 5.91 Å². The fraction of sp³-hybridized carbons (Fsp3) is 0.333. The van der Waals surface area contributed by atoms with Gasteiger partial charge in [0, 0.05) is 32.7 Å². The zero-order chi connectivity index (χ0) is 21.1. The van der Waals surface area contributed by atoms with E-state index in [-0.39, 0.29) is 5.91 Å².